The average Bonchev–Trinajstić information content (AvgIpc) is 2.44. The lowest BCUT2D eigenvalue weighted by molar-refractivity contribution is 0.600. The fourth-order valence-corrected chi connectivity index (χ4v) is 3.65. The van der Waals surface area contributed by atoms with Gasteiger partial charge in [0.15, 0.2) is 0 Å². The van der Waals surface area contributed by atoms with Crippen molar-refractivity contribution in [1.82, 2.24) is 0 Å². The van der Waals surface area contributed by atoms with E-state index < -0.39 is 10.0 Å². The lowest BCUT2D eigenvalue weighted by Gasteiger charge is -2.15. The van der Waals surface area contributed by atoms with Crippen LogP contribution in [-0.2, 0) is 16.6 Å². The van der Waals surface area contributed by atoms with Crippen LogP contribution >= 0.6 is 0 Å². The van der Waals surface area contributed by atoms with Crippen molar-refractivity contribution in [3.63, 3.8) is 0 Å². The van der Waals surface area contributed by atoms with Crippen molar-refractivity contribution in [2.24, 2.45) is 5.73 Å². The van der Waals surface area contributed by atoms with Gasteiger partial charge in [-0.15, -0.1) is 0 Å². The third-order valence-electron chi connectivity index (χ3n) is 3.75. The van der Waals surface area contributed by atoms with Gasteiger partial charge in [0.25, 0.3) is 10.0 Å². The summed E-state index contributed by atoms with van der Waals surface area (Å²) in [5.74, 6) is 0. The summed E-state index contributed by atoms with van der Waals surface area (Å²) in [4.78, 5) is 0.270. The number of hydrogen-bond donors (Lipinski definition) is 2. The molecule has 0 aliphatic rings. The molecule has 2 rings (SSSR count). The monoisotopic (exact) mass is 304 g/mol. The second kappa shape index (κ2) is 5.87. The van der Waals surface area contributed by atoms with Crippen LogP contribution in [0.4, 0.5) is 5.69 Å². The van der Waals surface area contributed by atoms with Crippen molar-refractivity contribution in [3.05, 3.63) is 58.7 Å². The summed E-state index contributed by atoms with van der Waals surface area (Å²) in [5.41, 5.74) is 9.74. The summed E-state index contributed by atoms with van der Waals surface area (Å²) >= 11 is 0. The quantitative estimate of drug-likeness (QED) is 0.912. The molecule has 0 fully saturated rings. The number of nitrogens with two attached hydrogens (primary N) is 1. The topological polar surface area (TPSA) is 72.2 Å². The minimum absolute atomic E-state index is 0.270. The molecule has 2 aromatic carbocycles. The highest BCUT2D eigenvalue weighted by molar-refractivity contribution is 7.92. The molecule has 0 heterocycles. The molecule has 0 radical (unpaired) electrons. The Hall–Kier alpha value is -1.85. The first-order valence-corrected chi connectivity index (χ1v) is 8.22. The summed E-state index contributed by atoms with van der Waals surface area (Å²) < 4.78 is 27.9. The summed E-state index contributed by atoms with van der Waals surface area (Å²) in [5, 5.41) is 0. The Morgan fingerprint density at radius 1 is 1.00 bits per heavy atom. The molecule has 0 saturated heterocycles. The Morgan fingerprint density at radius 2 is 1.67 bits per heavy atom. The van der Waals surface area contributed by atoms with Crippen LogP contribution in [-0.4, -0.2) is 8.42 Å². The van der Waals surface area contributed by atoms with E-state index in [2.05, 4.69) is 4.72 Å². The second-order valence-corrected chi connectivity index (χ2v) is 6.75. The molecule has 0 aliphatic heterocycles. The predicted octanol–water partition coefficient (Wildman–Crippen LogP) is 2.87. The van der Waals surface area contributed by atoms with Gasteiger partial charge in [-0.25, -0.2) is 8.42 Å². The van der Waals surface area contributed by atoms with Crippen molar-refractivity contribution < 1.29 is 8.42 Å². The van der Waals surface area contributed by atoms with Gasteiger partial charge in [0.2, 0.25) is 0 Å². The Balaban J connectivity index is 2.46. The lowest BCUT2D eigenvalue weighted by Crippen LogP contribution is -2.16. The second-order valence-electron chi connectivity index (χ2n) is 5.10. The van der Waals surface area contributed by atoms with Gasteiger partial charge in [-0.2, -0.15) is 0 Å². The molecular formula is C16H20N2O2S. The number of aryl methyl sites for hydroxylation is 1. The fourth-order valence-electron chi connectivity index (χ4n) is 2.23. The van der Waals surface area contributed by atoms with E-state index in [1.807, 2.05) is 32.0 Å². The van der Waals surface area contributed by atoms with Gasteiger partial charge in [0.05, 0.1) is 10.6 Å². The smallest absolute Gasteiger partial charge is 0.262 e. The van der Waals surface area contributed by atoms with Crippen LogP contribution in [0.15, 0.2) is 41.3 Å². The molecule has 21 heavy (non-hydrogen) atoms. The maximum atomic E-state index is 12.6. The lowest BCUT2D eigenvalue weighted by atomic mass is 10.1. The van der Waals surface area contributed by atoms with Gasteiger partial charge in [0.1, 0.15) is 0 Å². The Labute approximate surface area is 126 Å². The largest absolute Gasteiger partial charge is 0.326 e. The van der Waals surface area contributed by atoms with Crippen LogP contribution in [0.2, 0.25) is 0 Å². The van der Waals surface area contributed by atoms with Crippen molar-refractivity contribution in [3.8, 4) is 0 Å². The molecule has 0 amide bonds. The van der Waals surface area contributed by atoms with E-state index in [0.717, 1.165) is 16.7 Å². The van der Waals surface area contributed by atoms with Gasteiger partial charge in [-0.3, -0.25) is 4.72 Å². The SMILES string of the molecule is Cc1cccc(NS(=O)(=O)c2cccc(CN)c2C)c1C. The van der Waals surface area contributed by atoms with E-state index in [4.69, 9.17) is 5.73 Å². The first-order valence-electron chi connectivity index (χ1n) is 6.74. The van der Waals surface area contributed by atoms with Gasteiger partial charge in [-0.05, 0) is 55.2 Å². The molecule has 0 atom stereocenters. The standard InChI is InChI=1S/C16H20N2O2S/c1-11-6-4-8-15(12(11)2)18-21(19,20)16-9-5-7-14(10-17)13(16)3/h4-9,18H,10,17H2,1-3H3. The minimum Gasteiger partial charge on any atom is -0.326 e. The van der Waals surface area contributed by atoms with Crippen LogP contribution in [0, 0.1) is 20.8 Å². The van der Waals surface area contributed by atoms with Gasteiger partial charge in [0, 0.05) is 6.54 Å². The zero-order valence-corrected chi connectivity index (χ0v) is 13.3. The molecule has 2 aromatic rings. The first-order chi connectivity index (χ1) is 9.86. The van der Waals surface area contributed by atoms with E-state index >= 15 is 0 Å². The Bertz CT molecular complexity index is 768. The number of hydrogen-bond acceptors (Lipinski definition) is 3. The molecule has 0 bridgehead atoms. The van der Waals surface area contributed by atoms with Gasteiger partial charge >= 0.3 is 0 Å². The van der Waals surface area contributed by atoms with Crippen molar-refractivity contribution in [2.45, 2.75) is 32.2 Å². The fraction of sp³-hybridized carbons (Fsp3) is 0.250. The summed E-state index contributed by atoms with van der Waals surface area (Å²) in [6.45, 7) is 5.95. The van der Waals surface area contributed by atoms with Gasteiger partial charge < -0.3 is 5.73 Å². The van der Waals surface area contributed by atoms with E-state index in [9.17, 15) is 8.42 Å². The highest BCUT2D eigenvalue weighted by atomic mass is 32.2. The van der Waals surface area contributed by atoms with E-state index in [1.54, 1.807) is 25.1 Å². The van der Waals surface area contributed by atoms with Crippen LogP contribution in [0.5, 0.6) is 0 Å². The number of benzene rings is 2. The molecule has 0 aliphatic carbocycles. The van der Waals surface area contributed by atoms with Crippen LogP contribution in [0.1, 0.15) is 22.3 Å². The Kier molecular flexibility index (Phi) is 4.34. The van der Waals surface area contributed by atoms with Crippen LogP contribution in [0.3, 0.4) is 0 Å². The molecule has 0 unspecified atom stereocenters. The number of rotatable bonds is 4. The van der Waals surface area contributed by atoms with Crippen molar-refractivity contribution >= 4 is 15.7 Å². The zero-order chi connectivity index (χ0) is 15.6. The van der Waals surface area contributed by atoms with Crippen molar-refractivity contribution in [1.29, 1.82) is 0 Å². The summed E-state index contributed by atoms with van der Waals surface area (Å²) in [7, 11) is -3.62. The third kappa shape index (κ3) is 3.09. The number of sulfonamides is 1. The van der Waals surface area contributed by atoms with Crippen LogP contribution < -0.4 is 10.5 Å². The zero-order valence-electron chi connectivity index (χ0n) is 12.5. The highest BCUT2D eigenvalue weighted by Gasteiger charge is 2.19. The predicted molar refractivity (Wildman–Crippen MR) is 85.8 cm³/mol. The van der Waals surface area contributed by atoms with Gasteiger partial charge in [-0.1, -0.05) is 24.3 Å². The number of nitrogens with one attached hydrogen (secondary N) is 1. The normalized spacial score (nSPS) is 11.4. The minimum atomic E-state index is -3.62. The molecule has 0 saturated carbocycles. The maximum Gasteiger partial charge on any atom is 0.262 e. The maximum absolute atomic E-state index is 12.6. The summed E-state index contributed by atoms with van der Waals surface area (Å²) in [6.07, 6.45) is 0. The van der Waals surface area contributed by atoms with E-state index in [0.29, 0.717) is 17.8 Å². The average molecular weight is 304 g/mol. The molecule has 4 nitrogen and oxygen atoms in total. The number of anilines is 1. The molecule has 5 heteroatoms. The Morgan fingerprint density at radius 3 is 2.33 bits per heavy atom. The first kappa shape index (κ1) is 15.5. The molecule has 0 spiro atoms. The highest BCUT2D eigenvalue weighted by Crippen LogP contribution is 2.24. The van der Waals surface area contributed by atoms with Crippen LogP contribution in [0.25, 0.3) is 0 Å². The van der Waals surface area contributed by atoms with E-state index in [1.165, 1.54) is 0 Å². The molecule has 0 aromatic heterocycles. The summed E-state index contributed by atoms with van der Waals surface area (Å²) in [6, 6.07) is 10.7. The molecular weight excluding hydrogens is 284 g/mol. The van der Waals surface area contributed by atoms with E-state index in [-0.39, 0.29) is 4.90 Å². The molecule has 3 N–H and O–H groups in total. The third-order valence-corrected chi connectivity index (χ3v) is 5.26. The molecule has 112 valence electrons. The van der Waals surface area contributed by atoms with Crippen molar-refractivity contribution in [2.75, 3.05) is 4.72 Å².